The zero-order valence-corrected chi connectivity index (χ0v) is 16.0. The highest BCUT2D eigenvalue weighted by molar-refractivity contribution is 9.10. The van der Waals surface area contributed by atoms with E-state index in [1.165, 1.54) is 35.0 Å². The molecule has 0 saturated heterocycles. The topological polar surface area (TPSA) is 15.3 Å². The van der Waals surface area contributed by atoms with Gasteiger partial charge >= 0.3 is 0 Å². The van der Waals surface area contributed by atoms with Gasteiger partial charge in [0.1, 0.15) is 0 Å². The van der Waals surface area contributed by atoms with Gasteiger partial charge < -0.3 is 5.32 Å². The lowest BCUT2D eigenvalue weighted by Crippen LogP contribution is -2.60. The van der Waals surface area contributed by atoms with Crippen molar-refractivity contribution < 1.29 is 0 Å². The summed E-state index contributed by atoms with van der Waals surface area (Å²) in [5, 5.41) is 6.03. The van der Waals surface area contributed by atoms with Crippen molar-refractivity contribution >= 4 is 27.3 Å². The van der Waals surface area contributed by atoms with Crippen LogP contribution in [0.5, 0.6) is 0 Å². The van der Waals surface area contributed by atoms with E-state index in [1.54, 1.807) is 0 Å². The highest BCUT2D eigenvalue weighted by atomic mass is 79.9. The van der Waals surface area contributed by atoms with Crippen LogP contribution in [0.4, 0.5) is 0 Å². The third-order valence-electron chi connectivity index (χ3n) is 4.99. The summed E-state index contributed by atoms with van der Waals surface area (Å²) in [7, 11) is 0. The summed E-state index contributed by atoms with van der Waals surface area (Å²) in [6.07, 6.45) is 6.61. The number of hydrogen-bond donors (Lipinski definition) is 1. The maximum Gasteiger partial charge on any atom is 0.0365 e. The largest absolute Gasteiger partial charge is 0.312 e. The van der Waals surface area contributed by atoms with E-state index in [0.717, 1.165) is 26.1 Å². The van der Waals surface area contributed by atoms with Gasteiger partial charge in [-0.15, -0.1) is 11.3 Å². The first kappa shape index (κ1) is 17.5. The van der Waals surface area contributed by atoms with Crippen LogP contribution in [0, 0.1) is 0 Å². The Labute approximate surface area is 142 Å². The molecule has 1 unspecified atom stereocenters. The average molecular weight is 373 g/mol. The van der Waals surface area contributed by atoms with Crippen molar-refractivity contribution in [3.05, 3.63) is 20.8 Å². The molecule has 4 heteroatoms. The van der Waals surface area contributed by atoms with Gasteiger partial charge in [0.25, 0.3) is 0 Å². The van der Waals surface area contributed by atoms with E-state index >= 15 is 0 Å². The number of nitrogens with zero attached hydrogens (tertiary/aromatic N) is 1. The number of rotatable bonds is 8. The number of halogens is 1. The second-order valence-corrected chi connectivity index (χ2v) is 7.94. The highest BCUT2D eigenvalue weighted by Gasteiger charge is 2.44. The van der Waals surface area contributed by atoms with Gasteiger partial charge in [0.15, 0.2) is 0 Å². The Kier molecular flexibility index (Phi) is 6.73. The van der Waals surface area contributed by atoms with Crippen molar-refractivity contribution in [3.63, 3.8) is 0 Å². The molecule has 0 bridgehead atoms. The molecule has 1 saturated carbocycles. The van der Waals surface area contributed by atoms with Crippen LogP contribution >= 0.6 is 27.3 Å². The van der Waals surface area contributed by atoms with Crippen LogP contribution in [0.1, 0.15) is 51.3 Å². The molecule has 0 radical (unpaired) electrons. The molecule has 1 aromatic heterocycles. The zero-order valence-electron chi connectivity index (χ0n) is 13.6. The minimum Gasteiger partial charge on any atom is -0.312 e. The molecule has 1 fully saturated rings. The summed E-state index contributed by atoms with van der Waals surface area (Å²) in [5.74, 6) is 0. The van der Waals surface area contributed by atoms with Gasteiger partial charge in [-0.1, -0.05) is 33.6 Å². The number of likely N-dealkylation sites (N-methyl/N-ethyl adjacent to an activating group) is 2. The summed E-state index contributed by atoms with van der Waals surface area (Å²) in [6.45, 7) is 10.2. The molecular formula is C17H29BrN2S. The Balaban J connectivity index is 2.23. The van der Waals surface area contributed by atoms with Crippen molar-refractivity contribution in [1.82, 2.24) is 10.2 Å². The van der Waals surface area contributed by atoms with Gasteiger partial charge in [-0.25, -0.2) is 0 Å². The van der Waals surface area contributed by atoms with Crippen LogP contribution < -0.4 is 5.32 Å². The lowest BCUT2D eigenvalue weighted by Gasteiger charge is -2.46. The van der Waals surface area contributed by atoms with Gasteiger partial charge in [0.05, 0.1) is 0 Å². The maximum absolute atomic E-state index is 3.82. The quantitative estimate of drug-likeness (QED) is 0.711. The lowest BCUT2D eigenvalue weighted by atomic mass is 9.83. The standard InChI is InChI=1S/C17H29BrN2S/c1-4-19-16(12-15-11-14(18)13-21-15)17(9-7-8-10-17)20(5-2)6-3/h11,13,16,19H,4-10,12H2,1-3H3. The predicted molar refractivity (Wildman–Crippen MR) is 97.3 cm³/mol. The molecule has 1 heterocycles. The van der Waals surface area contributed by atoms with Gasteiger partial charge in [0.2, 0.25) is 0 Å². The molecule has 120 valence electrons. The molecule has 1 atom stereocenters. The second kappa shape index (κ2) is 8.09. The Morgan fingerprint density at radius 3 is 2.43 bits per heavy atom. The van der Waals surface area contributed by atoms with Crippen LogP contribution in [-0.2, 0) is 6.42 Å². The molecular weight excluding hydrogens is 344 g/mol. The van der Waals surface area contributed by atoms with E-state index in [-0.39, 0.29) is 0 Å². The third kappa shape index (κ3) is 3.90. The van der Waals surface area contributed by atoms with E-state index in [2.05, 4.69) is 58.4 Å². The number of thiophene rings is 1. The molecule has 0 spiro atoms. The van der Waals surface area contributed by atoms with Gasteiger partial charge in [-0.3, -0.25) is 4.90 Å². The van der Waals surface area contributed by atoms with Crippen molar-refractivity contribution in [1.29, 1.82) is 0 Å². The first-order valence-electron chi connectivity index (χ1n) is 8.37. The third-order valence-corrected chi connectivity index (χ3v) is 6.71. The first-order valence-corrected chi connectivity index (χ1v) is 10.0. The Morgan fingerprint density at radius 1 is 1.29 bits per heavy atom. The monoisotopic (exact) mass is 372 g/mol. The molecule has 1 aliphatic carbocycles. The summed E-state index contributed by atoms with van der Waals surface area (Å²) in [6, 6.07) is 2.86. The molecule has 0 amide bonds. The molecule has 21 heavy (non-hydrogen) atoms. The minimum absolute atomic E-state index is 0.357. The average Bonchev–Trinajstić information content (AvgIpc) is 3.10. The number of hydrogen-bond acceptors (Lipinski definition) is 3. The molecule has 1 aliphatic rings. The lowest BCUT2D eigenvalue weighted by molar-refractivity contribution is 0.0638. The first-order chi connectivity index (χ1) is 10.2. The fraction of sp³-hybridized carbons (Fsp3) is 0.765. The van der Waals surface area contributed by atoms with Crippen molar-refractivity contribution in [3.8, 4) is 0 Å². The Hall–Kier alpha value is 0.1000. The summed E-state index contributed by atoms with van der Waals surface area (Å²) in [4.78, 5) is 4.21. The highest BCUT2D eigenvalue weighted by Crippen LogP contribution is 2.39. The van der Waals surface area contributed by atoms with Crippen LogP contribution in [0.3, 0.4) is 0 Å². The van der Waals surface area contributed by atoms with E-state index in [4.69, 9.17) is 0 Å². The molecule has 0 aromatic carbocycles. The van der Waals surface area contributed by atoms with Gasteiger partial charge in [0, 0.05) is 26.3 Å². The van der Waals surface area contributed by atoms with E-state index < -0.39 is 0 Å². The van der Waals surface area contributed by atoms with E-state index in [9.17, 15) is 0 Å². The summed E-state index contributed by atoms with van der Waals surface area (Å²) < 4.78 is 1.22. The minimum atomic E-state index is 0.357. The Bertz CT molecular complexity index is 422. The van der Waals surface area contributed by atoms with Crippen LogP contribution in [0.15, 0.2) is 15.9 Å². The maximum atomic E-state index is 3.82. The fourth-order valence-electron chi connectivity index (χ4n) is 4.09. The van der Waals surface area contributed by atoms with Crippen molar-refractivity contribution in [2.45, 2.75) is 64.5 Å². The van der Waals surface area contributed by atoms with Crippen LogP contribution in [0.2, 0.25) is 0 Å². The van der Waals surface area contributed by atoms with Crippen LogP contribution in [0.25, 0.3) is 0 Å². The molecule has 2 nitrogen and oxygen atoms in total. The number of nitrogens with one attached hydrogen (secondary N) is 1. The SMILES string of the molecule is CCNC(Cc1cc(Br)cs1)C1(N(CC)CC)CCCC1. The van der Waals surface area contributed by atoms with Crippen molar-refractivity contribution in [2.75, 3.05) is 19.6 Å². The zero-order chi connectivity index (χ0) is 15.3. The molecule has 1 aromatic rings. The van der Waals surface area contributed by atoms with Gasteiger partial charge in [-0.05, 0) is 60.9 Å². The smallest absolute Gasteiger partial charge is 0.0365 e. The molecule has 0 aliphatic heterocycles. The molecule has 1 N–H and O–H groups in total. The van der Waals surface area contributed by atoms with E-state index in [1.807, 2.05) is 11.3 Å². The second-order valence-electron chi connectivity index (χ2n) is 6.03. The normalized spacial score (nSPS) is 19.3. The summed E-state index contributed by atoms with van der Waals surface area (Å²) in [5.41, 5.74) is 0.357. The Morgan fingerprint density at radius 2 is 1.95 bits per heavy atom. The predicted octanol–water partition coefficient (Wildman–Crippen LogP) is 4.69. The van der Waals surface area contributed by atoms with E-state index in [0.29, 0.717) is 11.6 Å². The molecule has 2 rings (SSSR count). The van der Waals surface area contributed by atoms with Gasteiger partial charge in [-0.2, -0.15) is 0 Å². The summed E-state index contributed by atoms with van der Waals surface area (Å²) >= 11 is 5.48. The fourth-order valence-corrected chi connectivity index (χ4v) is 5.58. The van der Waals surface area contributed by atoms with Crippen molar-refractivity contribution in [2.24, 2.45) is 0 Å². The van der Waals surface area contributed by atoms with Crippen LogP contribution in [-0.4, -0.2) is 36.1 Å².